The van der Waals surface area contributed by atoms with E-state index in [4.69, 9.17) is 0 Å². The van der Waals surface area contributed by atoms with Gasteiger partial charge in [-0.1, -0.05) is 92.5 Å². The molecule has 0 bridgehead atoms. The van der Waals surface area contributed by atoms with Crippen LogP contribution in [0.4, 0.5) is 0 Å². The lowest BCUT2D eigenvalue weighted by atomic mass is 9.62. The fraction of sp³-hybridized carbons (Fsp3) is 0.824. The standard InChI is InChI=1S/C34H58O6S2/c1-9-27(31(35)29-25(5)19-17-21-33(29,7)11-3)41(37,38)23-15-13-14-16-24-42(39,40)28(10-2)32(36)30-26(6)20-18-22-34(30,8)12-4/h17-20,25-30H,9-16,21-24H2,1-8H3. The number of allylic oxidation sites excluding steroid dienone is 4. The highest BCUT2D eigenvalue weighted by Crippen LogP contribution is 2.46. The molecule has 42 heavy (non-hydrogen) atoms. The van der Waals surface area contributed by atoms with Crippen LogP contribution in [-0.4, -0.2) is 50.4 Å². The molecule has 0 amide bonds. The summed E-state index contributed by atoms with van der Waals surface area (Å²) in [6.45, 7) is 15.9. The first-order chi connectivity index (χ1) is 19.5. The molecule has 0 saturated carbocycles. The Kier molecular flexibility index (Phi) is 13.3. The Morgan fingerprint density at radius 2 is 1.00 bits per heavy atom. The maximum absolute atomic E-state index is 13.6. The van der Waals surface area contributed by atoms with Crippen LogP contribution in [0.15, 0.2) is 24.3 Å². The Morgan fingerprint density at radius 1 is 0.667 bits per heavy atom. The van der Waals surface area contributed by atoms with Crippen LogP contribution < -0.4 is 0 Å². The van der Waals surface area contributed by atoms with Crippen LogP contribution in [0.3, 0.4) is 0 Å². The Balaban J connectivity index is 1.96. The highest BCUT2D eigenvalue weighted by atomic mass is 32.2. The number of carbonyl (C=O) groups is 2. The second-order valence-corrected chi connectivity index (χ2v) is 18.3. The smallest absolute Gasteiger partial charge is 0.160 e. The highest BCUT2D eigenvalue weighted by Gasteiger charge is 2.47. The number of rotatable bonds is 17. The van der Waals surface area contributed by atoms with Gasteiger partial charge in [0.1, 0.15) is 10.5 Å². The van der Waals surface area contributed by atoms with E-state index >= 15 is 0 Å². The molecule has 2 aliphatic carbocycles. The Bertz CT molecular complexity index is 1110. The summed E-state index contributed by atoms with van der Waals surface area (Å²) < 4.78 is 53.3. The van der Waals surface area contributed by atoms with Crippen molar-refractivity contribution in [1.29, 1.82) is 0 Å². The van der Waals surface area contributed by atoms with Crippen LogP contribution in [0.5, 0.6) is 0 Å². The van der Waals surface area contributed by atoms with Crippen molar-refractivity contribution in [3.8, 4) is 0 Å². The third-order valence-electron chi connectivity index (χ3n) is 10.7. The largest absolute Gasteiger partial charge is 0.298 e. The predicted molar refractivity (Wildman–Crippen MR) is 174 cm³/mol. The van der Waals surface area contributed by atoms with E-state index < -0.39 is 30.2 Å². The molecule has 6 nitrogen and oxygen atoms in total. The predicted octanol–water partition coefficient (Wildman–Crippen LogP) is 7.33. The van der Waals surface area contributed by atoms with Crippen molar-refractivity contribution in [2.24, 2.45) is 34.5 Å². The van der Waals surface area contributed by atoms with Crippen LogP contribution in [0, 0.1) is 34.5 Å². The van der Waals surface area contributed by atoms with Crippen LogP contribution in [-0.2, 0) is 29.3 Å². The molecule has 8 unspecified atom stereocenters. The lowest BCUT2D eigenvalue weighted by Gasteiger charge is -2.42. The van der Waals surface area contributed by atoms with Gasteiger partial charge in [-0.2, -0.15) is 0 Å². The van der Waals surface area contributed by atoms with Crippen LogP contribution in [0.1, 0.15) is 120 Å². The monoisotopic (exact) mass is 626 g/mol. The topological polar surface area (TPSA) is 102 Å². The lowest BCUT2D eigenvalue weighted by Crippen LogP contribution is -2.46. The minimum atomic E-state index is -3.62. The van der Waals surface area contributed by atoms with Crippen molar-refractivity contribution in [3.63, 3.8) is 0 Å². The van der Waals surface area contributed by atoms with E-state index in [1.165, 1.54) is 0 Å². The third kappa shape index (κ3) is 8.25. The number of carbonyl (C=O) groups excluding carboxylic acids is 2. The molecule has 0 saturated heterocycles. The van der Waals surface area contributed by atoms with Crippen LogP contribution in [0.25, 0.3) is 0 Å². The number of sulfone groups is 2. The highest BCUT2D eigenvalue weighted by molar-refractivity contribution is 7.93. The van der Waals surface area contributed by atoms with Gasteiger partial charge >= 0.3 is 0 Å². The van der Waals surface area contributed by atoms with Gasteiger partial charge < -0.3 is 0 Å². The summed E-state index contributed by atoms with van der Waals surface area (Å²) in [5.41, 5.74) is -0.476. The number of hydrogen-bond acceptors (Lipinski definition) is 6. The molecule has 0 radical (unpaired) electrons. The first-order valence-corrected chi connectivity index (χ1v) is 19.8. The van der Waals surface area contributed by atoms with Gasteiger partial charge in [0.15, 0.2) is 31.2 Å². The first kappa shape index (κ1) is 36.9. The summed E-state index contributed by atoms with van der Waals surface area (Å²) in [7, 11) is -7.24. The van der Waals surface area contributed by atoms with Gasteiger partial charge in [-0.25, -0.2) is 16.8 Å². The number of Topliss-reactive ketones (excluding diaryl/α,β-unsaturated/α-hetero) is 2. The van der Waals surface area contributed by atoms with Crippen molar-refractivity contribution in [2.45, 2.75) is 130 Å². The maximum atomic E-state index is 13.6. The van der Waals surface area contributed by atoms with Crippen molar-refractivity contribution in [3.05, 3.63) is 24.3 Å². The molecule has 0 aromatic heterocycles. The Labute approximate surface area is 257 Å². The van der Waals surface area contributed by atoms with Crippen molar-refractivity contribution in [1.82, 2.24) is 0 Å². The van der Waals surface area contributed by atoms with Crippen molar-refractivity contribution < 1.29 is 26.4 Å². The van der Waals surface area contributed by atoms with Crippen LogP contribution >= 0.6 is 0 Å². The van der Waals surface area contributed by atoms with E-state index in [9.17, 15) is 26.4 Å². The number of hydrogen-bond donors (Lipinski definition) is 0. The Morgan fingerprint density at radius 3 is 1.29 bits per heavy atom. The third-order valence-corrected chi connectivity index (χ3v) is 15.3. The first-order valence-electron chi connectivity index (χ1n) is 16.4. The summed E-state index contributed by atoms with van der Waals surface area (Å²) in [5, 5.41) is -1.99. The van der Waals surface area contributed by atoms with Gasteiger partial charge in [0.25, 0.3) is 0 Å². The molecule has 2 aliphatic rings. The molecular weight excluding hydrogens is 569 g/mol. The van der Waals surface area contributed by atoms with Gasteiger partial charge in [0, 0.05) is 11.8 Å². The molecule has 0 spiro atoms. The average molecular weight is 627 g/mol. The summed E-state index contributed by atoms with van der Waals surface area (Å²) in [6.07, 6.45) is 14.0. The molecular formula is C34H58O6S2. The van der Waals surface area contributed by atoms with E-state index in [1.54, 1.807) is 13.8 Å². The molecule has 0 N–H and O–H groups in total. The Hall–Kier alpha value is -1.28. The summed E-state index contributed by atoms with van der Waals surface area (Å²) in [6, 6.07) is 0. The second-order valence-electron chi connectivity index (χ2n) is 13.7. The van der Waals surface area contributed by atoms with Gasteiger partial charge in [-0.15, -0.1) is 0 Å². The summed E-state index contributed by atoms with van der Waals surface area (Å²) in [5.74, 6) is -1.04. The lowest BCUT2D eigenvalue weighted by molar-refractivity contribution is -0.129. The molecule has 8 heteroatoms. The van der Waals surface area contributed by atoms with Gasteiger partial charge in [-0.3, -0.25) is 9.59 Å². The summed E-state index contributed by atoms with van der Waals surface area (Å²) in [4.78, 5) is 27.3. The van der Waals surface area contributed by atoms with E-state index in [0.29, 0.717) is 25.7 Å². The molecule has 0 aromatic carbocycles. The van der Waals surface area contributed by atoms with E-state index in [2.05, 4.69) is 39.8 Å². The zero-order valence-electron chi connectivity index (χ0n) is 27.5. The van der Waals surface area contributed by atoms with Gasteiger partial charge in [-0.05, 0) is 74.0 Å². The van der Waals surface area contributed by atoms with Crippen molar-refractivity contribution >= 4 is 31.2 Å². The number of ketones is 2. The molecule has 0 fully saturated rings. The molecule has 0 aromatic rings. The van der Waals surface area contributed by atoms with E-state index in [0.717, 1.165) is 25.7 Å². The minimum absolute atomic E-state index is 0.00901. The average Bonchev–Trinajstić information content (AvgIpc) is 2.90. The van der Waals surface area contributed by atoms with Gasteiger partial charge in [0.05, 0.1) is 11.5 Å². The van der Waals surface area contributed by atoms with Crippen LogP contribution in [0.2, 0.25) is 0 Å². The van der Waals surface area contributed by atoms with Gasteiger partial charge in [0.2, 0.25) is 0 Å². The number of unbranched alkanes of at least 4 members (excludes halogenated alkanes) is 3. The molecule has 0 heterocycles. The fourth-order valence-corrected chi connectivity index (χ4v) is 11.5. The van der Waals surface area contributed by atoms with E-state index in [-0.39, 0.29) is 70.4 Å². The fourth-order valence-electron chi connectivity index (χ4n) is 7.69. The quantitative estimate of drug-likeness (QED) is 0.124. The SMILES string of the molecule is CCC(C(=O)C1C(C)C=CCC1(C)CC)S(=O)(=O)CCCCCCS(=O)(=O)C(CC)C(=O)C1C(C)C=CCC1(C)CC. The minimum Gasteiger partial charge on any atom is -0.298 e. The maximum Gasteiger partial charge on any atom is 0.160 e. The van der Waals surface area contributed by atoms with Crippen molar-refractivity contribution in [2.75, 3.05) is 11.5 Å². The van der Waals surface area contributed by atoms with E-state index in [1.807, 2.05) is 26.0 Å². The zero-order valence-corrected chi connectivity index (χ0v) is 29.2. The molecule has 2 rings (SSSR count). The zero-order chi connectivity index (χ0) is 31.9. The second kappa shape index (κ2) is 15.1. The normalized spacial score (nSPS) is 31.5. The summed E-state index contributed by atoms with van der Waals surface area (Å²) >= 11 is 0. The molecule has 8 atom stereocenters. The molecule has 242 valence electrons. The molecule has 0 aliphatic heterocycles.